The Kier molecular flexibility index (Phi) is 6.65. The summed E-state index contributed by atoms with van der Waals surface area (Å²) in [6, 6.07) is 12.8. The molecule has 0 bridgehead atoms. The van der Waals surface area contributed by atoms with Crippen LogP contribution in [0.5, 0.6) is 0 Å². The van der Waals surface area contributed by atoms with Gasteiger partial charge < -0.3 is 4.74 Å². The molecule has 0 radical (unpaired) electrons. The van der Waals surface area contributed by atoms with Gasteiger partial charge in [0, 0.05) is 5.41 Å². The highest BCUT2D eigenvalue weighted by molar-refractivity contribution is 7.92. The van der Waals surface area contributed by atoms with Crippen LogP contribution in [0.25, 0.3) is 6.08 Å². The molecule has 1 atom stereocenters. The van der Waals surface area contributed by atoms with Gasteiger partial charge in [-0.3, -0.25) is 4.79 Å². The predicted molar refractivity (Wildman–Crippen MR) is 98.0 cm³/mol. The summed E-state index contributed by atoms with van der Waals surface area (Å²) in [7, 11) is -3.77. The van der Waals surface area contributed by atoms with Crippen LogP contribution in [-0.2, 0) is 19.6 Å². The summed E-state index contributed by atoms with van der Waals surface area (Å²) in [6.45, 7) is 3.06. The van der Waals surface area contributed by atoms with E-state index in [0.717, 1.165) is 16.5 Å². The van der Waals surface area contributed by atoms with Gasteiger partial charge in [0.1, 0.15) is 18.5 Å². The molecular formula is C19H20FNO4S. The van der Waals surface area contributed by atoms with Crippen molar-refractivity contribution in [3.8, 4) is 0 Å². The Labute approximate surface area is 152 Å². The fraction of sp³-hybridized carbons (Fsp3) is 0.211. The number of hydrogen-bond acceptors (Lipinski definition) is 4. The average molecular weight is 377 g/mol. The fourth-order valence-electron chi connectivity index (χ4n) is 2.09. The van der Waals surface area contributed by atoms with Gasteiger partial charge in [0.05, 0.1) is 0 Å². The number of hydrogen-bond donors (Lipinski definition) is 1. The first-order valence-electron chi connectivity index (χ1n) is 7.94. The van der Waals surface area contributed by atoms with Crippen LogP contribution < -0.4 is 4.72 Å². The highest BCUT2D eigenvalue weighted by Gasteiger charge is 2.14. The van der Waals surface area contributed by atoms with Crippen LogP contribution in [0.15, 0.2) is 53.9 Å². The van der Waals surface area contributed by atoms with Crippen molar-refractivity contribution >= 4 is 22.1 Å². The quantitative estimate of drug-likeness (QED) is 0.751. The molecule has 0 fully saturated rings. The number of carbonyl (C=O) groups is 1. The van der Waals surface area contributed by atoms with Gasteiger partial charge in [0.2, 0.25) is 10.0 Å². The molecule has 0 spiro atoms. The Morgan fingerprint density at radius 1 is 1.15 bits per heavy atom. The molecular weight excluding hydrogens is 357 g/mol. The largest absolute Gasteiger partial charge is 0.457 e. The number of carbonyl (C=O) groups excluding carboxylic acids is 1. The van der Waals surface area contributed by atoms with E-state index in [2.05, 4.69) is 4.72 Å². The van der Waals surface area contributed by atoms with Crippen LogP contribution in [0.1, 0.15) is 29.7 Å². The molecule has 2 aromatic carbocycles. The van der Waals surface area contributed by atoms with Gasteiger partial charge >= 0.3 is 5.97 Å². The molecule has 0 saturated heterocycles. The van der Waals surface area contributed by atoms with Crippen LogP contribution >= 0.6 is 0 Å². The highest BCUT2D eigenvalue weighted by atomic mass is 32.2. The van der Waals surface area contributed by atoms with Crippen molar-refractivity contribution in [1.82, 2.24) is 4.72 Å². The lowest BCUT2D eigenvalue weighted by Crippen LogP contribution is -2.29. The van der Waals surface area contributed by atoms with Gasteiger partial charge in [0.25, 0.3) is 0 Å². The normalized spacial score (nSPS) is 12.9. The molecule has 2 aromatic rings. The summed E-state index contributed by atoms with van der Waals surface area (Å²) in [5.74, 6) is -1.12. The Morgan fingerprint density at radius 2 is 1.77 bits per heavy atom. The third-order valence-corrected chi connectivity index (χ3v) is 4.62. The maximum absolute atomic E-state index is 12.9. The molecule has 0 aliphatic heterocycles. The average Bonchev–Trinajstić information content (AvgIpc) is 2.60. The van der Waals surface area contributed by atoms with Gasteiger partial charge in [-0.1, -0.05) is 42.0 Å². The SMILES string of the molecule is Cc1ccc(/C=C/S(=O)(=O)NCC(=O)O[C@H](C)c2ccc(F)cc2)cc1. The first-order chi connectivity index (χ1) is 12.2. The van der Waals surface area contributed by atoms with E-state index in [1.807, 2.05) is 19.1 Å². The van der Waals surface area contributed by atoms with Gasteiger partial charge in [-0.2, -0.15) is 0 Å². The molecule has 138 valence electrons. The zero-order chi connectivity index (χ0) is 19.2. The third kappa shape index (κ3) is 6.42. The second-order valence-corrected chi connectivity index (χ2v) is 7.41. The fourth-order valence-corrected chi connectivity index (χ4v) is 2.85. The molecule has 0 amide bonds. The maximum Gasteiger partial charge on any atom is 0.321 e. The van der Waals surface area contributed by atoms with E-state index >= 15 is 0 Å². The standard InChI is InChI=1S/C19H20FNO4S/c1-14-3-5-16(6-4-14)11-12-26(23,24)21-13-19(22)25-15(2)17-7-9-18(20)10-8-17/h3-12,15,21H,13H2,1-2H3/b12-11+/t15-/m1/s1. The van der Waals surface area contributed by atoms with Gasteiger partial charge in [-0.05, 0) is 43.2 Å². The van der Waals surface area contributed by atoms with Crippen molar-refractivity contribution in [2.45, 2.75) is 20.0 Å². The number of halogens is 1. The number of sulfonamides is 1. The van der Waals surface area contributed by atoms with Crippen molar-refractivity contribution in [2.24, 2.45) is 0 Å². The summed E-state index contributed by atoms with van der Waals surface area (Å²) >= 11 is 0. The van der Waals surface area contributed by atoms with Crippen LogP contribution in [0.3, 0.4) is 0 Å². The minimum atomic E-state index is -3.77. The molecule has 0 saturated carbocycles. The lowest BCUT2D eigenvalue weighted by Gasteiger charge is -2.13. The molecule has 0 unspecified atom stereocenters. The monoisotopic (exact) mass is 377 g/mol. The highest BCUT2D eigenvalue weighted by Crippen LogP contribution is 2.17. The summed E-state index contributed by atoms with van der Waals surface area (Å²) < 4.78 is 44.0. The predicted octanol–water partition coefficient (Wildman–Crippen LogP) is 3.33. The molecule has 0 aliphatic rings. The van der Waals surface area contributed by atoms with Crippen LogP contribution in [0.2, 0.25) is 0 Å². The van der Waals surface area contributed by atoms with Crippen molar-refractivity contribution in [3.63, 3.8) is 0 Å². The van der Waals surface area contributed by atoms with Crippen LogP contribution in [-0.4, -0.2) is 20.9 Å². The lowest BCUT2D eigenvalue weighted by atomic mass is 10.1. The number of esters is 1. The number of ether oxygens (including phenoxy) is 1. The van der Waals surface area contributed by atoms with E-state index < -0.39 is 28.6 Å². The minimum absolute atomic E-state index is 0.389. The van der Waals surface area contributed by atoms with E-state index in [1.54, 1.807) is 19.1 Å². The molecule has 0 aliphatic carbocycles. The first-order valence-corrected chi connectivity index (χ1v) is 9.49. The second kappa shape index (κ2) is 8.73. The van der Waals surface area contributed by atoms with Crippen LogP contribution in [0, 0.1) is 12.7 Å². The van der Waals surface area contributed by atoms with E-state index in [-0.39, 0.29) is 5.82 Å². The number of aryl methyl sites for hydroxylation is 1. The van der Waals surface area contributed by atoms with E-state index in [9.17, 15) is 17.6 Å². The smallest absolute Gasteiger partial charge is 0.321 e. The molecule has 0 aromatic heterocycles. The molecule has 5 nitrogen and oxygen atoms in total. The Balaban J connectivity index is 1.86. The van der Waals surface area contributed by atoms with Crippen molar-refractivity contribution < 1.29 is 22.3 Å². The summed E-state index contributed by atoms with van der Waals surface area (Å²) in [6.07, 6.45) is 0.824. The Hall–Kier alpha value is -2.51. The van der Waals surface area contributed by atoms with Crippen molar-refractivity contribution in [1.29, 1.82) is 0 Å². The molecule has 1 N–H and O–H groups in total. The first kappa shape index (κ1) is 19.8. The zero-order valence-electron chi connectivity index (χ0n) is 14.5. The number of benzene rings is 2. The Bertz CT molecular complexity index is 875. The van der Waals surface area contributed by atoms with E-state index in [0.29, 0.717) is 5.56 Å². The van der Waals surface area contributed by atoms with Gasteiger partial charge in [-0.15, -0.1) is 0 Å². The molecule has 0 heterocycles. The van der Waals surface area contributed by atoms with Gasteiger partial charge in [0.15, 0.2) is 0 Å². The van der Waals surface area contributed by atoms with E-state index in [4.69, 9.17) is 4.74 Å². The number of rotatable bonds is 7. The van der Waals surface area contributed by atoms with Crippen LogP contribution in [0.4, 0.5) is 4.39 Å². The molecule has 7 heteroatoms. The van der Waals surface area contributed by atoms with Crippen molar-refractivity contribution in [3.05, 3.63) is 76.4 Å². The summed E-state index contributed by atoms with van der Waals surface area (Å²) in [4.78, 5) is 11.8. The number of nitrogens with one attached hydrogen (secondary N) is 1. The molecule has 2 rings (SSSR count). The van der Waals surface area contributed by atoms with E-state index in [1.165, 1.54) is 30.3 Å². The molecule has 26 heavy (non-hydrogen) atoms. The van der Waals surface area contributed by atoms with Crippen molar-refractivity contribution in [2.75, 3.05) is 6.54 Å². The van der Waals surface area contributed by atoms with Gasteiger partial charge in [-0.25, -0.2) is 17.5 Å². The summed E-state index contributed by atoms with van der Waals surface area (Å²) in [5, 5.41) is 0.994. The minimum Gasteiger partial charge on any atom is -0.457 e. The maximum atomic E-state index is 12.9. The zero-order valence-corrected chi connectivity index (χ0v) is 15.3. The summed E-state index contributed by atoms with van der Waals surface area (Å²) in [5.41, 5.74) is 2.41. The Morgan fingerprint density at radius 3 is 2.38 bits per heavy atom. The third-order valence-electron chi connectivity index (χ3n) is 3.58. The lowest BCUT2D eigenvalue weighted by molar-refractivity contribution is -0.147. The topological polar surface area (TPSA) is 72.5 Å². The second-order valence-electron chi connectivity index (χ2n) is 5.76.